The van der Waals surface area contributed by atoms with E-state index in [0.717, 1.165) is 24.8 Å². The molecule has 1 atom stereocenters. The standard InChI is InChI=1S/C18H21ClO3/c1-17(2)14(12-6-8-13(19)9-7-12)22-16(21)18(15(17)20)10-4-3-5-11-18/h6-9,14H,3-5,10-11H2,1-2H3/t14-/m0/s1. The molecule has 0 aromatic heterocycles. The van der Waals surface area contributed by atoms with Crippen molar-refractivity contribution in [3.8, 4) is 0 Å². The first-order valence-electron chi connectivity index (χ1n) is 7.89. The number of hydrogen-bond donors (Lipinski definition) is 0. The summed E-state index contributed by atoms with van der Waals surface area (Å²) in [5.41, 5.74) is -0.814. The van der Waals surface area contributed by atoms with E-state index >= 15 is 0 Å². The van der Waals surface area contributed by atoms with E-state index in [9.17, 15) is 9.59 Å². The molecule has 1 heterocycles. The molecule has 4 heteroatoms. The summed E-state index contributed by atoms with van der Waals surface area (Å²) in [6.07, 6.45) is 3.63. The molecule has 118 valence electrons. The van der Waals surface area contributed by atoms with Crippen LogP contribution in [0.5, 0.6) is 0 Å². The lowest BCUT2D eigenvalue weighted by molar-refractivity contribution is -0.192. The van der Waals surface area contributed by atoms with Crippen molar-refractivity contribution in [2.24, 2.45) is 10.8 Å². The van der Waals surface area contributed by atoms with Gasteiger partial charge in [0.25, 0.3) is 0 Å². The fourth-order valence-electron chi connectivity index (χ4n) is 3.90. The van der Waals surface area contributed by atoms with Crippen molar-refractivity contribution in [2.75, 3.05) is 0 Å². The molecule has 0 radical (unpaired) electrons. The van der Waals surface area contributed by atoms with Gasteiger partial charge in [-0.1, -0.05) is 43.0 Å². The molecule has 1 saturated heterocycles. The number of carbonyl (C=O) groups excluding carboxylic acids is 2. The number of benzene rings is 1. The number of hydrogen-bond acceptors (Lipinski definition) is 3. The minimum Gasteiger partial charge on any atom is -0.456 e. The zero-order valence-corrected chi connectivity index (χ0v) is 13.8. The molecule has 0 N–H and O–H groups in total. The van der Waals surface area contributed by atoms with E-state index in [0.29, 0.717) is 17.9 Å². The van der Waals surface area contributed by atoms with Crippen LogP contribution in [0.15, 0.2) is 24.3 Å². The molecule has 0 unspecified atom stereocenters. The maximum atomic E-state index is 13.2. The zero-order chi connectivity index (χ0) is 16.0. The minimum absolute atomic E-state index is 0.0379. The molecule has 2 aliphatic rings. The van der Waals surface area contributed by atoms with Gasteiger partial charge < -0.3 is 4.74 Å². The molecular weight excluding hydrogens is 300 g/mol. The van der Waals surface area contributed by atoms with Gasteiger partial charge in [-0.3, -0.25) is 9.59 Å². The van der Waals surface area contributed by atoms with Crippen LogP contribution in [0.1, 0.15) is 57.6 Å². The second-order valence-electron chi connectivity index (χ2n) is 7.03. The molecule has 1 aliphatic carbocycles. The number of halogens is 1. The van der Waals surface area contributed by atoms with Gasteiger partial charge in [-0.15, -0.1) is 0 Å². The van der Waals surface area contributed by atoms with Crippen molar-refractivity contribution in [2.45, 2.75) is 52.1 Å². The van der Waals surface area contributed by atoms with Gasteiger partial charge in [-0.2, -0.15) is 0 Å². The summed E-state index contributed by atoms with van der Waals surface area (Å²) in [5, 5.41) is 0.624. The first kappa shape index (κ1) is 15.5. The Hall–Kier alpha value is -1.35. The number of carbonyl (C=O) groups is 2. The molecule has 3 nitrogen and oxygen atoms in total. The molecular formula is C18H21ClO3. The highest BCUT2D eigenvalue weighted by molar-refractivity contribution is 6.30. The van der Waals surface area contributed by atoms with E-state index in [1.807, 2.05) is 26.0 Å². The summed E-state index contributed by atoms with van der Waals surface area (Å²) in [7, 11) is 0. The quantitative estimate of drug-likeness (QED) is 0.566. The fraction of sp³-hybridized carbons (Fsp3) is 0.556. The van der Waals surface area contributed by atoms with Crippen LogP contribution >= 0.6 is 11.6 Å². The van der Waals surface area contributed by atoms with Crippen LogP contribution in [-0.4, -0.2) is 11.8 Å². The van der Waals surface area contributed by atoms with Crippen LogP contribution in [0, 0.1) is 10.8 Å². The second kappa shape index (κ2) is 5.38. The van der Waals surface area contributed by atoms with Gasteiger partial charge in [0.2, 0.25) is 0 Å². The monoisotopic (exact) mass is 320 g/mol. The van der Waals surface area contributed by atoms with E-state index in [2.05, 4.69) is 0 Å². The highest BCUT2D eigenvalue weighted by Gasteiger charge is 2.60. The average Bonchev–Trinajstić information content (AvgIpc) is 2.52. The Morgan fingerprint density at radius 1 is 1.05 bits per heavy atom. The average molecular weight is 321 g/mol. The Kier molecular flexibility index (Phi) is 3.80. The molecule has 1 saturated carbocycles. The Labute approximate surface area is 136 Å². The van der Waals surface area contributed by atoms with Crippen molar-refractivity contribution in [1.82, 2.24) is 0 Å². The lowest BCUT2D eigenvalue weighted by Crippen LogP contribution is -2.55. The van der Waals surface area contributed by atoms with Crippen molar-refractivity contribution < 1.29 is 14.3 Å². The maximum absolute atomic E-state index is 13.2. The molecule has 1 aromatic rings. The molecule has 0 amide bonds. The molecule has 1 spiro atoms. The topological polar surface area (TPSA) is 43.4 Å². The van der Waals surface area contributed by atoms with Crippen LogP contribution in [0.25, 0.3) is 0 Å². The lowest BCUT2D eigenvalue weighted by Gasteiger charge is -2.47. The molecule has 1 aromatic carbocycles. The Morgan fingerprint density at radius 2 is 1.64 bits per heavy atom. The van der Waals surface area contributed by atoms with Crippen LogP contribution in [0.2, 0.25) is 5.02 Å². The van der Waals surface area contributed by atoms with Crippen LogP contribution in [-0.2, 0) is 14.3 Å². The number of Topliss-reactive ketones (excluding diaryl/α,β-unsaturated/α-hetero) is 1. The van der Waals surface area contributed by atoms with Crippen molar-refractivity contribution in [1.29, 1.82) is 0 Å². The van der Waals surface area contributed by atoms with Gasteiger partial charge in [-0.25, -0.2) is 0 Å². The molecule has 22 heavy (non-hydrogen) atoms. The first-order chi connectivity index (χ1) is 10.4. The molecule has 2 fully saturated rings. The summed E-state index contributed by atoms with van der Waals surface area (Å²) in [6.45, 7) is 3.77. The Morgan fingerprint density at radius 3 is 2.23 bits per heavy atom. The number of rotatable bonds is 1. The maximum Gasteiger partial charge on any atom is 0.320 e. The summed E-state index contributed by atoms with van der Waals surface area (Å²) < 4.78 is 5.79. The van der Waals surface area contributed by atoms with E-state index in [-0.39, 0.29) is 11.8 Å². The highest BCUT2D eigenvalue weighted by Crippen LogP contribution is 2.53. The van der Waals surface area contributed by atoms with Crippen LogP contribution < -0.4 is 0 Å². The predicted molar refractivity (Wildman–Crippen MR) is 84.6 cm³/mol. The third kappa shape index (κ3) is 2.26. The fourth-order valence-corrected chi connectivity index (χ4v) is 4.03. The Bertz CT molecular complexity index is 597. The highest BCUT2D eigenvalue weighted by atomic mass is 35.5. The smallest absolute Gasteiger partial charge is 0.320 e. The van der Waals surface area contributed by atoms with E-state index in [1.165, 1.54) is 0 Å². The summed E-state index contributed by atoms with van der Waals surface area (Å²) in [4.78, 5) is 25.8. The Balaban J connectivity index is 1.98. The van der Waals surface area contributed by atoms with Crippen molar-refractivity contribution >= 4 is 23.4 Å². The lowest BCUT2D eigenvalue weighted by atomic mass is 9.60. The van der Waals surface area contributed by atoms with Crippen molar-refractivity contribution in [3.63, 3.8) is 0 Å². The number of cyclic esters (lactones) is 1. The summed E-state index contributed by atoms with van der Waals surface area (Å²) in [6, 6.07) is 7.18. The van der Waals surface area contributed by atoms with Gasteiger partial charge in [0.05, 0.1) is 5.41 Å². The van der Waals surface area contributed by atoms with E-state index in [1.54, 1.807) is 12.1 Å². The molecule has 3 rings (SSSR count). The van der Waals surface area contributed by atoms with Crippen LogP contribution in [0.3, 0.4) is 0 Å². The number of ketones is 1. The molecule has 0 bridgehead atoms. The first-order valence-corrected chi connectivity index (χ1v) is 8.27. The van der Waals surface area contributed by atoms with Gasteiger partial charge in [0.15, 0.2) is 5.78 Å². The van der Waals surface area contributed by atoms with Gasteiger partial charge >= 0.3 is 5.97 Å². The normalized spacial score (nSPS) is 26.8. The van der Waals surface area contributed by atoms with Crippen molar-refractivity contribution in [3.05, 3.63) is 34.9 Å². The van der Waals surface area contributed by atoms with Gasteiger partial charge in [0.1, 0.15) is 11.5 Å². The number of ether oxygens (including phenoxy) is 1. The predicted octanol–water partition coefficient (Wildman–Crippen LogP) is 4.48. The van der Waals surface area contributed by atoms with E-state index < -0.39 is 16.9 Å². The third-order valence-corrected chi connectivity index (χ3v) is 5.42. The zero-order valence-electron chi connectivity index (χ0n) is 13.0. The summed E-state index contributed by atoms with van der Waals surface area (Å²) in [5.74, 6) is -0.299. The third-order valence-electron chi connectivity index (χ3n) is 5.17. The molecule has 1 aliphatic heterocycles. The second-order valence-corrected chi connectivity index (χ2v) is 7.47. The number of esters is 1. The van der Waals surface area contributed by atoms with Crippen LogP contribution in [0.4, 0.5) is 0 Å². The van der Waals surface area contributed by atoms with E-state index in [4.69, 9.17) is 16.3 Å². The minimum atomic E-state index is -0.912. The van der Waals surface area contributed by atoms with Gasteiger partial charge in [-0.05, 0) is 44.4 Å². The van der Waals surface area contributed by atoms with Gasteiger partial charge in [0, 0.05) is 5.02 Å². The SMILES string of the molecule is CC1(C)C(=O)C2(CCCCC2)C(=O)O[C@H]1c1ccc(Cl)cc1. The largest absolute Gasteiger partial charge is 0.456 e. The summed E-state index contributed by atoms with van der Waals surface area (Å²) >= 11 is 5.92.